The van der Waals surface area contributed by atoms with Crippen LogP contribution in [0.4, 0.5) is 11.4 Å². The number of anilines is 2. The fraction of sp³-hybridized carbons (Fsp3) is 0.300. The molecule has 1 atom stereocenters. The fourth-order valence-electron chi connectivity index (χ4n) is 2.58. The topological polar surface area (TPSA) is 61.4 Å². The van der Waals surface area contributed by atoms with Gasteiger partial charge in [0.05, 0.1) is 23.3 Å². The molecular formula is C20H23Cl2N3O2. The highest BCUT2D eigenvalue weighted by molar-refractivity contribution is 6.35. The lowest BCUT2D eigenvalue weighted by Crippen LogP contribution is -2.43. The van der Waals surface area contributed by atoms with Crippen LogP contribution in [0.3, 0.4) is 0 Å². The van der Waals surface area contributed by atoms with E-state index in [2.05, 4.69) is 10.6 Å². The first kappa shape index (κ1) is 21.2. The molecule has 0 saturated carbocycles. The Hall–Kier alpha value is -2.08. The zero-order valence-electron chi connectivity index (χ0n) is 15.8. The number of carbonyl (C=O) groups is 2. The van der Waals surface area contributed by atoms with Crippen LogP contribution in [0.1, 0.15) is 18.1 Å². The van der Waals surface area contributed by atoms with Crippen molar-refractivity contribution >= 4 is 46.4 Å². The Morgan fingerprint density at radius 1 is 1.07 bits per heavy atom. The second-order valence-corrected chi connectivity index (χ2v) is 7.36. The van der Waals surface area contributed by atoms with Crippen LogP contribution in [0.5, 0.6) is 0 Å². The summed E-state index contributed by atoms with van der Waals surface area (Å²) in [5.74, 6) is -0.461. The van der Waals surface area contributed by atoms with E-state index in [1.54, 1.807) is 37.1 Å². The highest BCUT2D eigenvalue weighted by Gasteiger charge is 2.21. The maximum Gasteiger partial charge on any atom is 0.241 e. The van der Waals surface area contributed by atoms with Crippen molar-refractivity contribution in [3.8, 4) is 0 Å². The number of hydrogen-bond acceptors (Lipinski definition) is 3. The number of nitrogens with one attached hydrogen (secondary N) is 2. The zero-order chi connectivity index (χ0) is 20.1. The van der Waals surface area contributed by atoms with Gasteiger partial charge in [-0.1, -0.05) is 41.4 Å². The molecule has 0 heterocycles. The molecule has 27 heavy (non-hydrogen) atoms. The van der Waals surface area contributed by atoms with Crippen molar-refractivity contribution in [3.05, 3.63) is 57.6 Å². The maximum atomic E-state index is 12.5. The van der Waals surface area contributed by atoms with Crippen molar-refractivity contribution in [2.24, 2.45) is 0 Å². The fourth-order valence-corrected chi connectivity index (χ4v) is 2.92. The van der Waals surface area contributed by atoms with Crippen molar-refractivity contribution in [3.63, 3.8) is 0 Å². The summed E-state index contributed by atoms with van der Waals surface area (Å²) in [6.45, 7) is 5.68. The average molecular weight is 408 g/mol. The van der Waals surface area contributed by atoms with Gasteiger partial charge < -0.3 is 10.6 Å². The number of para-hydroxylation sites is 1. The van der Waals surface area contributed by atoms with E-state index >= 15 is 0 Å². The molecular weight excluding hydrogens is 385 g/mol. The standard InChI is InChI=1S/C20H23Cl2N3O2/c1-12-6-5-7-13(2)19(12)24-18(26)11-25(4)14(3)20(27)23-17-10-15(21)8-9-16(17)22/h5-10,14H,11H2,1-4H3,(H,23,27)(H,24,26). The normalized spacial score (nSPS) is 12.0. The Balaban J connectivity index is 1.98. The monoisotopic (exact) mass is 407 g/mol. The molecule has 0 aliphatic rings. The lowest BCUT2D eigenvalue weighted by molar-refractivity contribution is -0.122. The number of halogens is 2. The molecule has 0 aliphatic heterocycles. The van der Waals surface area contributed by atoms with Gasteiger partial charge in [-0.25, -0.2) is 0 Å². The van der Waals surface area contributed by atoms with Crippen LogP contribution in [0.2, 0.25) is 10.0 Å². The number of hydrogen-bond donors (Lipinski definition) is 2. The van der Waals surface area contributed by atoms with E-state index < -0.39 is 6.04 Å². The first-order chi connectivity index (χ1) is 12.7. The van der Waals surface area contributed by atoms with Crippen LogP contribution in [-0.4, -0.2) is 36.3 Å². The minimum absolute atomic E-state index is 0.0750. The number of nitrogens with zero attached hydrogens (tertiary/aromatic N) is 1. The molecule has 0 bridgehead atoms. The molecule has 0 spiro atoms. The minimum atomic E-state index is -0.538. The molecule has 2 amide bonds. The van der Waals surface area contributed by atoms with Crippen molar-refractivity contribution in [2.75, 3.05) is 24.2 Å². The Labute approximate surface area is 169 Å². The number of aryl methyl sites for hydroxylation is 2. The van der Waals surface area contributed by atoms with E-state index in [9.17, 15) is 9.59 Å². The SMILES string of the molecule is Cc1cccc(C)c1NC(=O)CN(C)C(C)C(=O)Nc1cc(Cl)ccc1Cl. The number of carbonyl (C=O) groups excluding carboxylic acids is 2. The van der Waals surface area contributed by atoms with Crippen molar-refractivity contribution in [2.45, 2.75) is 26.8 Å². The first-order valence-electron chi connectivity index (χ1n) is 8.51. The second kappa shape index (κ2) is 9.22. The number of amides is 2. The molecule has 5 nitrogen and oxygen atoms in total. The van der Waals surface area contributed by atoms with E-state index in [0.29, 0.717) is 15.7 Å². The minimum Gasteiger partial charge on any atom is -0.324 e. The van der Waals surface area contributed by atoms with Gasteiger partial charge in [0.2, 0.25) is 11.8 Å². The van der Waals surface area contributed by atoms with Gasteiger partial charge in [-0.3, -0.25) is 14.5 Å². The lowest BCUT2D eigenvalue weighted by atomic mass is 10.1. The molecule has 0 aliphatic carbocycles. The molecule has 0 aromatic heterocycles. The predicted molar refractivity (Wildman–Crippen MR) is 112 cm³/mol. The van der Waals surface area contributed by atoms with Gasteiger partial charge in [0.1, 0.15) is 0 Å². The third-order valence-electron chi connectivity index (χ3n) is 4.37. The Morgan fingerprint density at radius 2 is 1.70 bits per heavy atom. The third-order valence-corrected chi connectivity index (χ3v) is 4.93. The highest BCUT2D eigenvalue weighted by atomic mass is 35.5. The van der Waals surface area contributed by atoms with E-state index in [1.807, 2.05) is 32.0 Å². The summed E-state index contributed by atoms with van der Waals surface area (Å²) >= 11 is 12.0. The van der Waals surface area contributed by atoms with Crippen LogP contribution in [-0.2, 0) is 9.59 Å². The lowest BCUT2D eigenvalue weighted by Gasteiger charge is -2.24. The Bertz CT molecular complexity index is 835. The number of rotatable bonds is 6. The van der Waals surface area contributed by atoms with Gasteiger partial charge in [0.15, 0.2) is 0 Å². The summed E-state index contributed by atoms with van der Waals surface area (Å²) in [5.41, 5.74) is 3.23. The second-order valence-electron chi connectivity index (χ2n) is 6.52. The van der Waals surface area contributed by atoms with Gasteiger partial charge in [0.25, 0.3) is 0 Å². The molecule has 2 aromatic carbocycles. The molecule has 0 radical (unpaired) electrons. The van der Waals surface area contributed by atoms with E-state index in [1.165, 1.54) is 0 Å². The van der Waals surface area contributed by atoms with E-state index in [-0.39, 0.29) is 18.4 Å². The summed E-state index contributed by atoms with van der Waals surface area (Å²) in [7, 11) is 1.72. The van der Waals surface area contributed by atoms with Crippen LogP contribution < -0.4 is 10.6 Å². The van der Waals surface area contributed by atoms with E-state index in [4.69, 9.17) is 23.2 Å². The van der Waals surface area contributed by atoms with Crippen LogP contribution in [0, 0.1) is 13.8 Å². The summed E-state index contributed by atoms with van der Waals surface area (Å²) < 4.78 is 0. The van der Waals surface area contributed by atoms with Gasteiger partial charge in [-0.15, -0.1) is 0 Å². The van der Waals surface area contributed by atoms with Crippen molar-refractivity contribution in [1.29, 1.82) is 0 Å². The van der Waals surface area contributed by atoms with Gasteiger partial charge in [0, 0.05) is 10.7 Å². The summed E-state index contributed by atoms with van der Waals surface area (Å²) in [5, 5.41) is 6.54. The molecule has 2 aromatic rings. The average Bonchev–Trinajstić information content (AvgIpc) is 2.60. The van der Waals surface area contributed by atoms with Gasteiger partial charge in [-0.2, -0.15) is 0 Å². The van der Waals surface area contributed by atoms with Crippen molar-refractivity contribution in [1.82, 2.24) is 4.90 Å². The van der Waals surface area contributed by atoms with Crippen LogP contribution in [0.15, 0.2) is 36.4 Å². The zero-order valence-corrected chi connectivity index (χ0v) is 17.3. The summed E-state index contributed by atoms with van der Waals surface area (Å²) in [6.07, 6.45) is 0. The Kier molecular flexibility index (Phi) is 7.25. The number of likely N-dealkylation sites (N-methyl/N-ethyl adjacent to an activating group) is 1. The molecule has 7 heteroatoms. The molecule has 2 rings (SSSR count). The summed E-state index contributed by atoms with van der Waals surface area (Å²) in [6, 6.07) is 10.1. The number of benzene rings is 2. The van der Waals surface area contributed by atoms with Crippen LogP contribution in [0.25, 0.3) is 0 Å². The van der Waals surface area contributed by atoms with Gasteiger partial charge in [-0.05, 0) is 57.1 Å². The van der Waals surface area contributed by atoms with Crippen molar-refractivity contribution < 1.29 is 9.59 Å². The predicted octanol–water partition coefficient (Wildman–Crippen LogP) is 4.51. The largest absolute Gasteiger partial charge is 0.324 e. The summed E-state index contributed by atoms with van der Waals surface area (Å²) in [4.78, 5) is 26.5. The molecule has 144 valence electrons. The van der Waals surface area contributed by atoms with Gasteiger partial charge >= 0.3 is 0 Å². The first-order valence-corrected chi connectivity index (χ1v) is 9.27. The molecule has 1 unspecified atom stereocenters. The molecule has 2 N–H and O–H groups in total. The van der Waals surface area contributed by atoms with Crippen LogP contribution >= 0.6 is 23.2 Å². The smallest absolute Gasteiger partial charge is 0.241 e. The maximum absolute atomic E-state index is 12.5. The molecule has 0 fully saturated rings. The molecule has 0 saturated heterocycles. The van der Waals surface area contributed by atoms with E-state index in [0.717, 1.165) is 16.8 Å². The Morgan fingerprint density at radius 3 is 2.33 bits per heavy atom. The highest BCUT2D eigenvalue weighted by Crippen LogP contribution is 2.25. The third kappa shape index (κ3) is 5.70. The quantitative estimate of drug-likeness (QED) is 0.740.